The predicted octanol–water partition coefficient (Wildman–Crippen LogP) is 1.34. The van der Waals surface area contributed by atoms with E-state index in [1.165, 1.54) is 7.05 Å². The molecule has 2 aromatic rings. The Morgan fingerprint density at radius 3 is 2.82 bits per heavy atom. The number of carbonyl (C=O) groups excluding carboxylic acids is 2. The first kappa shape index (κ1) is 11.2. The lowest BCUT2D eigenvalue weighted by Crippen LogP contribution is -2.24. The zero-order chi connectivity index (χ0) is 12.3. The number of rotatable bonds is 3. The first-order valence-electron chi connectivity index (χ1n) is 5.07. The van der Waals surface area contributed by atoms with E-state index in [4.69, 9.17) is 9.15 Å². The summed E-state index contributed by atoms with van der Waals surface area (Å²) in [4.78, 5) is 22.4. The average molecular weight is 233 g/mol. The maximum Gasteiger partial charge on any atom is 0.374 e. The SMILES string of the molecule is CNC(=O)COC(=O)c1cc2ccccc2o1. The van der Waals surface area contributed by atoms with E-state index >= 15 is 0 Å². The fourth-order valence-corrected chi connectivity index (χ4v) is 1.36. The lowest BCUT2D eigenvalue weighted by Gasteiger charge is -2.00. The van der Waals surface area contributed by atoms with Gasteiger partial charge in [-0.1, -0.05) is 18.2 Å². The summed E-state index contributed by atoms with van der Waals surface area (Å²) in [5.74, 6) is -0.922. The Morgan fingerprint density at radius 2 is 2.12 bits per heavy atom. The van der Waals surface area contributed by atoms with Gasteiger partial charge in [0.15, 0.2) is 6.61 Å². The van der Waals surface area contributed by atoms with Crippen molar-refractivity contribution in [3.05, 3.63) is 36.1 Å². The molecule has 5 heteroatoms. The first-order valence-corrected chi connectivity index (χ1v) is 5.07. The quantitative estimate of drug-likeness (QED) is 0.812. The minimum absolute atomic E-state index is 0.0927. The van der Waals surface area contributed by atoms with Crippen molar-refractivity contribution >= 4 is 22.8 Å². The van der Waals surface area contributed by atoms with Gasteiger partial charge >= 0.3 is 5.97 Å². The number of nitrogens with one attached hydrogen (secondary N) is 1. The largest absolute Gasteiger partial charge is 0.450 e. The highest BCUT2D eigenvalue weighted by Crippen LogP contribution is 2.19. The summed E-state index contributed by atoms with van der Waals surface area (Å²) < 4.78 is 10.1. The van der Waals surface area contributed by atoms with E-state index in [1.807, 2.05) is 18.2 Å². The number of para-hydroxylation sites is 1. The second-order valence-corrected chi connectivity index (χ2v) is 3.40. The molecule has 0 aliphatic rings. The molecule has 5 nitrogen and oxygen atoms in total. The fraction of sp³-hybridized carbons (Fsp3) is 0.167. The van der Waals surface area contributed by atoms with Crippen LogP contribution in [0.3, 0.4) is 0 Å². The van der Waals surface area contributed by atoms with Crippen molar-refractivity contribution in [2.75, 3.05) is 13.7 Å². The molecule has 0 saturated heterocycles. The smallest absolute Gasteiger partial charge is 0.374 e. The van der Waals surface area contributed by atoms with Crippen LogP contribution < -0.4 is 5.32 Å². The predicted molar refractivity (Wildman–Crippen MR) is 60.6 cm³/mol. The summed E-state index contributed by atoms with van der Waals surface area (Å²) in [6.07, 6.45) is 0. The number of hydrogen-bond acceptors (Lipinski definition) is 4. The molecule has 0 radical (unpaired) electrons. The Hall–Kier alpha value is -2.30. The number of likely N-dealkylation sites (N-methyl/N-ethyl adjacent to an activating group) is 1. The summed E-state index contributed by atoms with van der Waals surface area (Å²) in [5, 5.41) is 3.17. The third-order valence-corrected chi connectivity index (χ3v) is 2.24. The van der Waals surface area contributed by atoms with Crippen molar-refractivity contribution in [2.24, 2.45) is 0 Å². The number of carbonyl (C=O) groups is 2. The Morgan fingerprint density at radius 1 is 1.35 bits per heavy atom. The van der Waals surface area contributed by atoms with Crippen molar-refractivity contribution in [1.29, 1.82) is 0 Å². The molecular formula is C12H11NO4. The second kappa shape index (κ2) is 4.69. The zero-order valence-corrected chi connectivity index (χ0v) is 9.23. The molecule has 0 aliphatic carbocycles. The van der Waals surface area contributed by atoms with E-state index in [0.29, 0.717) is 5.58 Å². The zero-order valence-electron chi connectivity index (χ0n) is 9.23. The topological polar surface area (TPSA) is 68.5 Å². The molecule has 2 rings (SSSR count). The van der Waals surface area contributed by atoms with Crippen LogP contribution in [-0.2, 0) is 9.53 Å². The molecule has 0 fully saturated rings. The van der Waals surface area contributed by atoms with Crippen LogP contribution in [0.5, 0.6) is 0 Å². The monoisotopic (exact) mass is 233 g/mol. The van der Waals surface area contributed by atoms with Crippen molar-refractivity contribution < 1.29 is 18.7 Å². The van der Waals surface area contributed by atoms with Crippen molar-refractivity contribution in [3.63, 3.8) is 0 Å². The van der Waals surface area contributed by atoms with Crippen LogP contribution in [-0.4, -0.2) is 25.5 Å². The van der Waals surface area contributed by atoms with Gasteiger partial charge in [0.1, 0.15) is 5.58 Å². The molecule has 88 valence electrons. The number of fused-ring (bicyclic) bond motifs is 1. The van der Waals surface area contributed by atoms with Gasteiger partial charge in [-0.05, 0) is 12.1 Å². The van der Waals surface area contributed by atoms with Gasteiger partial charge in [0.25, 0.3) is 5.91 Å². The molecule has 1 heterocycles. The van der Waals surface area contributed by atoms with Gasteiger partial charge in [-0.15, -0.1) is 0 Å². The van der Waals surface area contributed by atoms with Crippen LogP contribution in [0.4, 0.5) is 0 Å². The molecule has 0 saturated carbocycles. The number of ether oxygens (including phenoxy) is 1. The first-order chi connectivity index (χ1) is 8.20. The molecule has 1 amide bonds. The lowest BCUT2D eigenvalue weighted by atomic mass is 10.2. The molecule has 0 unspecified atom stereocenters. The van der Waals surface area contributed by atoms with Gasteiger partial charge in [0, 0.05) is 12.4 Å². The normalized spacial score (nSPS) is 10.2. The van der Waals surface area contributed by atoms with E-state index in [-0.39, 0.29) is 18.3 Å². The standard InChI is InChI=1S/C12H11NO4/c1-13-11(14)7-16-12(15)10-6-8-4-2-3-5-9(8)17-10/h2-6H,7H2,1H3,(H,13,14). The lowest BCUT2D eigenvalue weighted by molar-refractivity contribution is -0.123. The molecule has 1 aromatic carbocycles. The maximum absolute atomic E-state index is 11.5. The number of furan rings is 1. The minimum atomic E-state index is -0.648. The Bertz CT molecular complexity index is 525. The number of esters is 1. The number of benzene rings is 1. The summed E-state index contributed by atoms with van der Waals surface area (Å²) >= 11 is 0. The summed E-state index contributed by atoms with van der Waals surface area (Å²) in [5.41, 5.74) is 0.611. The third kappa shape index (κ3) is 2.44. The van der Waals surface area contributed by atoms with Crippen molar-refractivity contribution in [1.82, 2.24) is 5.32 Å². The Labute approximate surface area is 97.4 Å². The van der Waals surface area contributed by atoms with Crippen LogP contribution in [0, 0.1) is 0 Å². The van der Waals surface area contributed by atoms with E-state index < -0.39 is 5.97 Å². The van der Waals surface area contributed by atoms with Crippen LogP contribution in [0.1, 0.15) is 10.6 Å². The van der Waals surface area contributed by atoms with Gasteiger partial charge in [0.2, 0.25) is 5.76 Å². The highest BCUT2D eigenvalue weighted by Gasteiger charge is 2.14. The van der Waals surface area contributed by atoms with E-state index in [2.05, 4.69) is 5.32 Å². The van der Waals surface area contributed by atoms with E-state index in [9.17, 15) is 9.59 Å². The van der Waals surface area contributed by atoms with Gasteiger partial charge in [0.05, 0.1) is 0 Å². The summed E-state index contributed by atoms with van der Waals surface area (Å²) in [6, 6.07) is 8.82. The Balaban J connectivity index is 2.11. The second-order valence-electron chi connectivity index (χ2n) is 3.40. The van der Waals surface area contributed by atoms with Crippen LogP contribution in [0.25, 0.3) is 11.0 Å². The van der Waals surface area contributed by atoms with Crippen LogP contribution in [0.2, 0.25) is 0 Å². The molecule has 17 heavy (non-hydrogen) atoms. The summed E-state index contributed by atoms with van der Waals surface area (Å²) in [6.45, 7) is -0.313. The van der Waals surface area contributed by atoms with Gasteiger partial charge in [-0.25, -0.2) is 4.79 Å². The summed E-state index contributed by atoms with van der Waals surface area (Å²) in [7, 11) is 1.47. The molecule has 0 spiro atoms. The van der Waals surface area contributed by atoms with Crippen molar-refractivity contribution in [2.45, 2.75) is 0 Å². The van der Waals surface area contributed by atoms with E-state index in [0.717, 1.165) is 5.39 Å². The highest BCUT2D eigenvalue weighted by molar-refractivity contribution is 5.93. The fourth-order valence-electron chi connectivity index (χ4n) is 1.36. The molecular weight excluding hydrogens is 222 g/mol. The molecule has 0 bridgehead atoms. The average Bonchev–Trinajstić information content (AvgIpc) is 2.79. The maximum atomic E-state index is 11.5. The molecule has 0 aliphatic heterocycles. The van der Waals surface area contributed by atoms with E-state index in [1.54, 1.807) is 12.1 Å². The third-order valence-electron chi connectivity index (χ3n) is 2.24. The number of hydrogen-bond donors (Lipinski definition) is 1. The van der Waals surface area contributed by atoms with Gasteiger partial charge < -0.3 is 14.5 Å². The molecule has 0 atom stereocenters. The molecule has 1 N–H and O–H groups in total. The van der Waals surface area contributed by atoms with Crippen LogP contribution >= 0.6 is 0 Å². The molecule has 1 aromatic heterocycles. The van der Waals surface area contributed by atoms with Crippen LogP contribution in [0.15, 0.2) is 34.7 Å². The van der Waals surface area contributed by atoms with Gasteiger partial charge in [-0.3, -0.25) is 4.79 Å². The Kier molecular flexibility index (Phi) is 3.09. The highest BCUT2D eigenvalue weighted by atomic mass is 16.5. The van der Waals surface area contributed by atoms with Crippen molar-refractivity contribution in [3.8, 4) is 0 Å². The van der Waals surface area contributed by atoms with Gasteiger partial charge in [-0.2, -0.15) is 0 Å². The minimum Gasteiger partial charge on any atom is -0.450 e. The number of amides is 1.